The van der Waals surface area contributed by atoms with Crippen LogP contribution in [0.1, 0.15) is 10.5 Å². The van der Waals surface area contributed by atoms with E-state index in [1.54, 1.807) is 0 Å². The van der Waals surface area contributed by atoms with E-state index in [2.05, 4.69) is 10.3 Å². The molecule has 1 aromatic carbocycles. The first-order chi connectivity index (χ1) is 6.77. The molecule has 3 N–H and O–H groups in total. The fourth-order valence-electron chi connectivity index (χ4n) is 1.64. The molecule has 0 radical (unpaired) electrons. The molecular formula is C10H7N3O. The highest BCUT2D eigenvalue weighted by Crippen LogP contribution is 2.35. The predicted molar refractivity (Wildman–Crippen MR) is 54.1 cm³/mol. The summed E-state index contributed by atoms with van der Waals surface area (Å²) in [4.78, 5) is 15.3. The molecule has 0 saturated carbocycles. The number of nitrogen functional groups attached to an aromatic ring is 1. The van der Waals surface area contributed by atoms with Gasteiger partial charge in [0.25, 0.3) is 5.91 Å². The lowest BCUT2D eigenvalue weighted by atomic mass is 10.1. The van der Waals surface area contributed by atoms with Crippen LogP contribution in [0, 0.1) is 0 Å². The maximum absolute atomic E-state index is 11.1. The monoisotopic (exact) mass is 185 g/mol. The second-order valence-corrected chi connectivity index (χ2v) is 3.22. The fraction of sp³-hybridized carbons (Fsp3) is 0. The molecule has 4 heteroatoms. The van der Waals surface area contributed by atoms with E-state index in [0.717, 1.165) is 10.9 Å². The van der Waals surface area contributed by atoms with Crippen LogP contribution in [0.3, 0.4) is 0 Å². The number of aromatic nitrogens is 1. The Morgan fingerprint density at radius 1 is 1.29 bits per heavy atom. The van der Waals surface area contributed by atoms with Crippen molar-refractivity contribution in [2.45, 2.75) is 0 Å². The predicted octanol–water partition coefficient (Wildman–Crippen LogP) is 1.38. The summed E-state index contributed by atoms with van der Waals surface area (Å²) in [7, 11) is 0. The van der Waals surface area contributed by atoms with E-state index in [1.165, 1.54) is 0 Å². The highest BCUT2D eigenvalue weighted by atomic mass is 16.2. The average molecular weight is 185 g/mol. The molecule has 0 unspecified atom stereocenters. The van der Waals surface area contributed by atoms with Gasteiger partial charge in [0.15, 0.2) is 5.69 Å². The standard InChI is InChI=1S/C10H7N3O/c11-7-5-3-1-2-4-6(5)12-9-8(7)13-10(9)14/h1-4H,(H2,11,12)(H,13,14). The Labute approximate surface area is 79.7 Å². The first-order valence-electron chi connectivity index (χ1n) is 4.27. The Morgan fingerprint density at radius 2 is 2.07 bits per heavy atom. The van der Waals surface area contributed by atoms with Crippen molar-refractivity contribution in [2.24, 2.45) is 0 Å². The van der Waals surface area contributed by atoms with Gasteiger partial charge in [0.2, 0.25) is 0 Å². The number of nitrogens with two attached hydrogens (primary N) is 1. The number of pyridine rings is 1. The smallest absolute Gasteiger partial charge is 0.276 e. The zero-order valence-corrected chi connectivity index (χ0v) is 7.24. The molecule has 1 aliphatic heterocycles. The van der Waals surface area contributed by atoms with Gasteiger partial charge in [0.1, 0.15) is 0 Å². The molecule has 4 nitrogen and oxygen atoms in total. The van der Waals surface area contributed by atoms with Gasteiger partial charge in [-0.25, -0.2) is 4.98 Å². The number of rotatable bonds is 0. The quantitative estimate of drug-likeness (QED) is 0.651. The van der Waals surface area contributed by atoms with Gasteiger partial charge >= 0.3 is 0 Å². The lowest BCUT2D eigenvalue weighted by Gasteiger charge is -2.21. The maximum atomic E-state index is 11.1. The Hall–Kier alpha value is -2.10. The largest absolute Gasteiger partial charge is 0.396 e. The first kappa shape index (κ1) is 7.32. The number of nitrogens with one attached hydrogen (secondary N) is 1. The van der Waals surface area contributed by atoms with E-state index >= 15 is 0 Å². The molecule has 1 aliphatic rings. The molecule has 0 bridgehead atoms. The van der Waals surface area contributed by atoms with Gasteiger partial charge in [-0.3, -0.25) is 4.79 Å². The molecule has 14 heavy (non-hydrogen) atoms. The molecule has 68 valence electrons. The Balaban J connectivity index is 2.47. The van der Waals surface area contributed by atoms with Crippen molar-refractivity contribution in [1.82, 2.24) is 4.98 Å². The summed E-state index contributed by atoms with van der Waals surface area (Å²) < 4.78 is 0. The van der Waals surface area contributed by atoms with Crippen LogP contribution in [0.25, 0.3) is 10.9 Å². The lowest BCUT2D eigenvalue weighted by molar-refractivity contribution is 0.100. The number of nitrogens with zero attached hydrogens (tertiary/aromatic N) is 1. The van der Waals surface area contributed by atoms with Crippen LogP contribution in [0.5, 0.6) is 0 Å². The lowest BCUT2D eigenvalue weighted by Crippen LogP contribution is -2.27. The zero-order chi connectivity index (χ0) is 9.71. The van der Waals surface area contributed by atoms with E-state index in [4.69, 9.17) is 5.73 Å². The number of fused-ring (bicyclic) bond motifs is 2. The molecule has 0 spiro atoms. The molecule has 0 fully saturated rings. The van der Waals surface area contributed by atoms with E-state index in [1.807, 2.05) is 24.3 Å². The zero-order valence-electron chi connectivity index (χ0n) is 7.24. The minimum absolute atomic E-state index is 0.155. The Kier molecular flexibility index (Phi) is 1.16. The molecule has 0 aliphatic carbocycles. The summed E-state index contributed by atoms with van der Waals surface area (Å²) in [6.45, 7) is 0. The van der Waals surface area contributed by atoms with Gasteiger partial charge in [-0.15, -0.1) is 0 Å². The minimum atomic E-state index is -0.155. The van der Waals surface area contributed by atoms with Gasteiger partial charge in [-0.2, -0.15) is 0 Å². The minimum Gasteiger partial charge on any atom is -0.396 e. The second kappa shape index (κ2) is 2.23. The third-order valence-electron chi connectivity index (χ3n) is 2.39. The summed E-state index contributed by atoms with van der Waals surface area (Å²) in [5, 5.41) is 3.50. The third-order valence-corrected chi connectivity index (χ3v) is 2.39. The van der Waals surface area contributed by atoms with Crippen molar-refractivity contribution in [3.05, 3.63) is 30.0 Å². The number of hydrogen-bond acceptors (Lipinski definition) is 3. The molecule has 2 aromatic rings. The van der Waals surface area contributed by atoms with Crippen molar-refractivity contribution >= 4 is 28.2 Å². The highest BCUT2D eigenvalue weighted by Gasteiger charge is 2.28. The summed E-state index contributed by atoms with van der Waals surface area (Å²) in [6, 6.07) is 7.50. The van der Waals surface area contributed by atoms with Crippen LogP contribution in [-0.2, 0) is 0 Å². The number of anilines is 2. The van der Waals surface area contributed by atoms with E-state index in [9.17, 15) is 4.79 Å². The molecule has 1 amide bonds. The van der Waals surface area contributed by atoms with Crippen LogP contribution < -0.4 is 11.1 Å². The Morgan fingerprint density at radius 3 is 2.86 bits per heavy atom. The number of carbonyl (C=O) groups excluding carboxylic acids is 1. The van der Waals surface area contributed by atoms with E-state index < -0.39 is 0 Å². The highest BCUT2D eigenvalue weighted by molar-refractivity contribution is 6.22. The summed E-state index contributed by atoms with van der Waals surface area (Å²) >= 11 is 0. The van der Waals surface area contributed by atoms with Gasteiger partial charge in [0, 0.05) is 5.39 Å². The van der Waals surface area contributed by atoms with Crippen molar-refractivity contribution in [2.75, 3.05) is 11.1 Å². The van der Waals surface area contributed by atoms with Gasteiger partial charge in [-0.1, -0.05) is 18.2 Å². The van der Waals surface area contributed by atoms with E-state index in [-0.39, 0.29) is 5.91 Å². The van der Waals surface area contributed by atoms with Crippen LogP contribution >= 0.6 is 0 Å². The molecule has 2 heterocycles. The fourth-order valence-corrected chi connectivity index (χ4v) is 1.64. The maximum Gasteiger partial charge on any atom is 0.276 e. The molecule has 0 atom stereocenters. The average Bonchev–Trinajstić information content (AvgIpc) is 2.21. The van der Waals surface area contributed by atoms with Crippen molar-refractivity contribution < 1.29 is 4.79 Å². The van der Waals surface area contributed by atoms with Gasteiger partial charge in [-0.05, 0) is 6.07 Å². The van der Waals surface area contributed by atoms with Crippen LogP contribution in [0.15, 0.2) is 24.3 Å². The van der Waals surface area contributed by atoms with Gasteiger partial charge < -0.3 is 11.1 Å². The third kappa shape index (κ3) is 0.724. The number of para-hydroxylation sites is 1. The van der Waals surface area contributed by atoms with Crippen molar-refractivity contribution in [3.8, 4) is 0 Å². The number of hydrogen-bond donors (Lipinski definition) is 2. The first-order valence-corrected chi connectivity index (χ1v) is 4.27. The van der Waals surface area contributed by atoms with E-state index in [0.29, 0.717) is 17.1 Å². The molecular weight excluding hydrogens is 178 g/mol. The van der Waals surface area contributed by atoms with Crippen LogP contribution in [0.2, 0.25) is 0 Å². The van der Waals surface area contributed by atoms with Crippen LogP contribution in [-0.4, -0.2) is 10.9 Å². The molecule has 3 rings (SSSR count). The summed E-state index contributed by atoms with van der Waals surface area (Å²) in [5.41, 5.74) is 8.35. The van der Waals surface area contributed by atoms with Crippen molar-refractivity contribution in [3.63, 3.8) is 0 Å². The topological polar surface area (TPSA) is 68.0 Å². The van der Waals surface area contributed by atoms with Crippen LogP contribution in [0.4, 0.5) is 11.4 Å². The van der Waals surface area contributed by atoms with Gasteiger partial charge in [0.05, 0.1) is 16.9 Å². The summed E-state index contributed by atoms with van der Waals surface area (Å²) in [6.07, 6.45) is 0. The molecule has 0 saturated heterocycles. The normalized spacial score (nSPS) is 13.3. The summed E-state index contributed by atoms with van der Waals surface area (Å²) in [5.74, 6) is -0.155. The van der Waals surface area contributed by atoms with Crippen molar-refractivity contribution in [1.29, 1.82) is 0 Å². The number of amides is 1. The Bertz CT molecular complexity index is 563. The number of benzene rings is 1. The SMILES string of the molecule is Nc1c2c(nc3ccccc13)C(=O)N2. The second-order valence-electron chi connectivity index (χ2n) is 3.22. The number of carbonyl (C=O) groups is 1. The molecule has 1 aromatic heterocycles.